The molecule has 0 saturated carbocycles. The molecule has 3 aromatic rings. The molecule has 0 unspecified atom stereocenters. The Labute approximate surface area is 384 Å². The van der Waals surface area contributed by atoms with Crippen LogP contribution in [-0.4, -0.2) is 111 Å². The number of ether oxygens (including phenoxy) is 4. The normalized spacial score (nSPS) is 24.9. The number of amides is 6. The Morgan fingerprint density at radius 2 is 0.970 bits per heavy atom. The van der Waals surface area contributed by atoms with Crippen LogP contribution in [0.2, 0.25) is 0 Å². The van der Waals surface area contributed by atoms with Crippen LogP contribution < -0.4 is 27.0 Å². The van der Waals surface area contributed by atoms with Gasteiger partial charge >= 0.3 is 12.2 Å². The first kappa shape index (κ1) is 49.2. The van der Waals surface area contributed by atoms with Crippen LogP contribution in [0.5, 0.6) is 0 Å². The number of carbonyl (C=O) groups excluding carboxylic acids is 6. The molecule has 6 N–H and O–H groups in total. The van der Waals surface area contributed by atoms with E-state index in [1.807, 2.05) is 24.3 Å². The van der Waals surface area contributed by atoms with Gasteiger partial charge in [-0.15, -0.1) is 0 Å². The molecule has 356 valence electrons. The summed E-state index contributed by atoms with van der Waals surface area (Å²) in [5.74, 6) is -3.46. The summed E-state index contributed by atoms with van der Waals surface area (Å²) < 4.78 is 36.6. The van der Waals surface area contributed by atoms with Gasteiger partial charge in [0.25, 0.3) is 0 Å². The van der Waals surface area contributed by atoms with Crippen LogP contribution in [0.1, 0.15) is 87.7 Å². The third-order valence-corrected chi connectivity index (χ3v) is 13.6. The second kappa shape index (κ2) is 20.1. The van der Waals surface area contributed by atoms with Gasteiger partial charge in [-0.1, -0.05) is 76.2 Å². The van der Waals surface area contributed by atoms with E-state index in [0.29, 0.717) is 29.7 Å². The number of likely N-dealkylation sites (tertiary alicyclic amines) is 2. The summed E-state index contributed by atoms with van der Waals surface area (Å²) in [6.45, 7) is 7.60. The van der Waals surface area contributed by atoms with Crippen LogP contribution in [0.15, 0.2) is 72.8 Å². The number of benzene rings is 3. The lowest BCUT2D eigenvalue weighted by Gasteiger charge is -2.39. The van der Waals surface area contributed by atoms with E-state index >= 15 is 0 Å². The minimum Gasteiger partial charge on any atom is -0.453 e. The molecule has 18 heteroatoms. The van der Waals surface area contributed by atoms with Gasteiger partial charge in [0.1, 0.15) is 41.2 Å². The molecule has 0 spiro atoms. The van der Waals surface area contributed by atoms with Crippen LogP contribution in [0, 0.1) is 17.7 Å². The summed E-state index contributed by atoms with van der Waals surface area (Å²) in [4.78, 5) is 85.0. The number of methoxy groups -OCH3 is 4. The first-order valence-electron chi connectivity index (χ1n) is 22.1. The lowest BCUT2D eigenvalue weighted by molar-refractivity contribution is -0.146. The van der Waals surface area contributed by atoms with Crippen molar-refractivity contribution >= 4 is 41.5 Å². The predicted molar refractivity (Wildman–Crippen MR) is 241 cm³/mol. The number of alkyl carbamates (subject to hydrolysis) is 2. The molecule has 3 heterocycles. The third-order valence-electron chi connectivity index (χ3n) is 13.6. The zero-order valence-electron chi connectivity index (χ0n) is 38.7. The topological polar surface area (TPSA) is 225 Å². The fourth-order valence-electron chi connectivity index (χ4n) is 10.3. The van der Waals surface area contributed by atoms with Crippen LogP contribution in [0.25, 0.3) is 0 Å². The zero-order chi connectivity index (χ0) is 48.2. The largest absolute Gasteiger partial charge is 0.453 e. The van der Waals surface area contributed by atoms with Crippen molar-refractivity contribution < 1.29 is 52.1 Å². The Morgan fingerprint density at radius 1 is 0.606 bits per heavy atom. The molecular weight excluding hydrogens is 854 g/mol. The molecule has 3 fully saturated rings. The number of nitrogens with zero attached hydrogens (tertiary/aromatic N) is 3. The first-order chi connectivity index (χ1) is 31.4. The van der Waals surface area contributed by atoms with E-state index in [1.165, 1.54) is 36.2 Å². The van der Waals surface area contributed by atoms with E-state index in [1.54, 1.807) is 78.3 Å². The molecule has 17 nitrogen and oxygen atoms in total. The molecule has 0 aromatic heterocycles. The van der Waals surface area contributed by atoms with Crippen LogP contribution >= 0.6 is 0 Å². The first-order valence-corrected chi connectivity index (χ1v) is 22.1. The van der Waals surface area contributed by atoms with Gasteiger partial charge in [0.2, 0.25) is 23.6 Å². The van der Waals surface area contributed by atoms with E-state index in [-0.39, 0.29) is 37.8 Å². The molecule has 6 amide bonds. The van der Waals surface area contributed by atoms with Crippen molar-refractivity contribution in [1.82, 2.24) is 20.4 Å². The second-order valence-corrected chi connectivity index (χ2v) is 17.8. The van der Waals surface area contributed by atoms with Gasteiger partial charge in [0, 0.05) is 33.0 Å². The molecule has 6 rings (SSSR count). The monoisotopic (exact) mass is 915 g/mol. The number of carbonyl (C=O) groups is 6. The summed E-state index contributed by atoms with van der Waals surface area (Å²) in [5, 5.41) is 5.23. The molecule has 0 radical (unpaired) electrons. The Kier molecular flexibility index (Phi) is 15.0. The minimum absolute atomic E-state index is 0.234. The molecule has 0 aliphatic carbocycles. The lowest BCUT2D eigenvalue weighted by Crippen LogP contribution is -2.59. The highest BCUT2D eigenvalue weighted by Crippen LogP contribution is 2.51. The highest BCUT2D eigenvalue weighted by Gasteiger charge is 2.55. The van der Waals surface area contributed by atoms with Crippen molar-refractivity contribution in [3.05, 3.63) is 101 Å². The van der Waals surface area contributed by atoms with Crippen molar-refractivity contribution in [2.45, 2.75) is 101 Å². The summed E-state index contributed by atoms with van der Waals surface area (Å²) >= 11 is 0. The number of anilines is 1. The number of nitrogens with one attached hydrogen (secondary N) is 2. The van der Waals surface area contributed by atoms with E-state index in [0.717, 1.165) is 11.1 Å². The number of rotatable bonds is 15. The minimum atomic E-state index is -1.51. The van der Waals surface area contributed by atoms with E-state index < -0.39 is 89.1 Å². The summed E-state index contributed by atoms with van der Waals surface area (Å²) in [6, 6.07) is 17.4. The predicted octanol–water partition coefficient (Wildman–Crippen LogP) is 4.53. The highest BCUT2D eigenvalue weighted by atomic mass is 19.1. The fraction of sp³-hybridized carbons (Fsp3) is 0.500. The van der Waals surface area contributed by atoms with Crippen molar-refractivity contribution in [1.29, 1.82) is 0 Å². The van der Waals surface area contributed by atoms with Gasteiger partial charge in [-0.25, -0.2) is 14.0 Å². The zero-order valence-corrected chi connectivity index (χ0v) is 38.7. The van der Waals surface area contributed by atoms with E-state index in [2.05, 4.69) is 15.5 Å². The van der Waals surface area contributed by atoms with Gasteiger partial charge in [-0.2, -0.15) is 0 Å². The van der Waals surface area contributed by atoms with Crippen LogP contribution in [0.3, 0.4) is 0 Å². The Hall–Kier alpha value is -6.27. The molecule has 3 aliphatic rings. The van der Waals surface area contributed by atoms with Gasteiger partial charge < -0.3 is 55.7 Å². The van der Waals surface area contributed by atoms with Crippen molar-refractivity contribution in [2.75, 3.05) is 46.4 Å². The second-order valence-electron chi connectivity index (χ2n) is 17.8. The average Bonchev–Trinajstić information content (AvgIpc) is 4.05. The maximum Gasteiger partial charge on any atom is 0.407 e. The van der Waals surface area contributed by atoms with E-state index in [9.17, 15) is 33.2 Å². The summed E-state index contributed by atoms with van der Waals surface area (Å²) in [6.07, 6.45) is -1.31. The maximum absolute atomic E-state index is 14.6. The fourth-order valence-corrected chi connectivity index (χ4v) is 10.3. The third kappa shape index (κ3) is 8.75. The average molecular weight is 916 g/mol. The molecule has 8 atom stereocenters. The smallest absolute Gasteiger partial charge is 0.407 e. The van der Waals surface area contributed by atoms with Crippen molar-refractivity contribution in [3.8, 4) is 0 Å². The highest BCUT2D eigenvalue weighted by molar-refractivity contribution is 5.96. The number of hydrogen-bond donors (Lipinski definition) is 4. The Bertz CT molecular complexity index is 2130. The van der Waals surface area contributed by atoms with Crippen LogP contribution in [0.4, 0.5) is 19.7 Å². The number of primary amides is 2. The van der Waals surface area contributed by atoms with Crippen molar-refractivity contribution in [3.63, 3.8) is 0 Å². The SMILES string of the molecule is COC(=O)N[C@H](C(=O)N1CCC[C@@]1(C(N)=O)c1ccc([C@H]2[C@@H](OC)[C@H](OC)[C@H](c3ccc([C@]4(C(N)=O)CCCN4C(=O)[C@@H](NC(=O)OC)C(C)C)cc3)N2c2ccc(F)cc2)cc1)C(C)C. The van der Waals surface area contributed by atoms with Crippen LogP contribution in [-0.2, 0) is 49.2 Å². The molecule has 3 aromatic carbocycles. The molecule has 66 heavy (non-hydrogen) atoms. The molecule has 0 bridgehead atoms. The number of hydrogen-bond acceptors (Lipinski definition) is 11. The molecular formula is C48H62FN7O10. The maximum atomic E-state index is 14.6. The quantitative estimate of drug-likeness (QED) is 0.166. The van der Waals surface area contributed by atoms with Gasteiger partial charge in [-0.05, 0) is 84.0 Å². The molecule has 3 saturated heterocycles. The van der Waals surface area contributed by atoms with Crippen molar-refractivity contribution in [2.24, 2.45) is 23.3 Å². The lowest BCUT2D eigenvalue weighted by atomic mass is 9.84. The molecule has 3 aliphatic heterocycles. The standard InChI is InChI=1S/C48H62FN7O10/c1-27(2)35(52-45(61)65-7)41(57)54-25-9-23-47(54,43(50)59)31-15-11-29(12-16-31)37-39(63-5)40(64-6)38(56(37)34-21-19-33(49)20-22-34)30-13-17-32(18-14-30)48(44(51)60)24-10-26-55(48)42(58)36(28(3)4)53-46(62)66-8/h11-22,27-28,35-40H,9-10,23-26H2,1-8H3,(H2,50,59)(H2,51,60)(H,52,61)(H,53,62)/t35-,36-,37-,38-,39+,40+,47-,48-/m0/s1. The summed E-state index contributed by atoms with van der Waals surface area (Å²) in [5.41, 5.74) is 12.5. The van der Waals surface area contributed by atoms with E-state index in [4.69, 9.17) is 30.4 Å². The Morgan fingerprint density at radius 3 is 1.27 bits per heavy atom. The van der Waals surface area contributed by atoms with Gasteiger partial charge in [0.15, 0.2) is 0 Å². The van der Waals surface area contributed by atoms with Gasteiger partial charge in [-0.3, -0.25) is 19.2 Å². The van der Waals surface area contributed by atoms with Gasteiger partial charge in [0.05, 0.1) is 26.3 Å². The summed E-state index contributed by atoms with van der Waals surface area (Å²) in [7, 11) is 5.56. The number of nitrogens with two attached hydrogens (primary N) is 2. The number of halogens is 1. The Balaban J connectivity index is 1.41.